The summed E-state index contributed by atoms with van der Waals surface area (Å²) in [4.78, 5) is 14.4. The van der Waals surface area contributed by atoms with Gasteiger partial charge in [-0.1, -0.05) is 18.9 Å². The normalized spacial score (nSPS) is 26.4. The van der Waals surface area contributed by atoms with Crippen LogP contribution in [0.2, 0.25) is 0 Å². The van der Waals surface area contributed by atoms with E-state index in [1.807, 2.05) is 23.1 Å². The van der Waals surface area contributed by atoms with Crippen molar-refractivity contribution in [2.45, 2.75) is 37.7 Å². The highest BCUT2D eigenvalue weighted by Gasteiger charge is 2.43. The van der Waals surface area contributed by atoms with Gasteiger partial charge in [-0.3, -0.25) is 4.79 Å². The Bertz CT molecular complexity index is 657. The number of hydrogen-bond acceptors (Lipinski definition) is 4. The molecule has 2 aliphatic rings. The SMILES string of the molecule is COc1ccc(/C=C/C(=O)N2CC[C@@]3(O)CCCC[C@@H]3C2)cc1OC. The first-order valence-electron chi connectivity index (χ1n) is 8.97. The molecule has 2 fully saturated rings. The molecule has 2 atom stereocenters. The number of carbonyl (C=O) groups excluding carboxylic acids is 1. The van der Waals surface area contributed by atoms with E-state index in [-0.39, 0.29) is 11.8 Å². The van der Waals surface area contributed by atoms with E-state index in [1.165, 1.54) is 0 Å². The number of ether oxygens (including phenoxy) is 2. The average molecular weight is 345 g/mol. The van der Waals surface area contributed by atoms with E-state index in [1.54, 1.807) is 26.4 Å². The highest BCUT2D eigenvalue weighted by atomic mass is 16.5. The number of benzene rings is 1. The minimum Gasteiger partial charge on any atom is -0.493 e. The molecule has 1 saturated heterocycles. The predicted octanol–water partition coefficient (Wildman–Crippen LogP) is 2.87. The van der Waals surface area contributed by atoms with Crippen LogP contribution in [-0.2, 0) is 4.79 Å². The van der Waals surface area contributed by atoms with E-state index in [0.29, 0.717) is 31.0 Å². The van der Waals surface area contributed by atoms with Crippen molar-refractivity contribution in [3.63, 3.8) is 0 Å². The number of amides is 1. The quantitative estimate of drug-likeness (QED) is 0.853. The van der Waals surface area contributed by atoms with Crippen LogP contribution in [-0.4, -0.2) is 48.8 Å². The molecule has 0 radical (unpaired) electrons. The van der Waals surface area contributed by atoms with Crippen molar-refractivity contribution in [1.82, 2.24) is 4.90 Å². The summed E-state index contributed by atoms with van der Waals surface area (Å²) in [6.07, 6.45) is 8.23. The standard InChI is InChI=1S/C20H27NO4/c1-24-17-8-6-15(13-18(17)25-2)7-9-19(22)21-12-11-20(23)10-4-3-5-16(20)14-21/h6-9,13,16,23H,3-5,10-12,14H2,1-2H3/b9-7+/t16-,20+/m1/s1. The van der Waals surface area contributed by atoms with E-state index in [0.717, 1.165) is 31.2 Å². The Labute approximate surface area is 149 Å². The molecule has 1 saturated carbocycles. The van der Waals surface area contributed by atoms with E-state index in [2.05, 4.69) is 0 Å². The van der Waals surface area contributed by atoms with Crippen LogP contribution in [0.1, 0.15) is 37.7 Å². The van der Waals surface area contributed by atoms with Crippen molar-refractivity contribution < 1.29 is 19.4 Å². The third-order valence-electron chi connectivity index (χ3n) is 5.57. The Morgan fingerprint density at radius 1 is 1.24 bits per heavy atom. The highest BCUT2D eigenvalue weighted by molar-refractivity contribution is 5.92. The largest absolute Gasteiger partial charge is 0.493 e. The number of carbonyl (C=O) groups is 1. The first-order chi connectivity index (χ1) is 12.1. The lowest BCUT2D eigenvalue weighted by atomic mass is 9.71. The topological polar surface area (TPSA) is 59.0 Å². The van der Waals surface area contributed by atoms with Gasteiger partial charge in [-0.15, -0.1) is 0 Å². The van der Waals surface area contributed by atoms with Gasteiger partial charge >= 0.3 is 0 Å². The third-order valence-corrected chi connectivity index (χ3v) is 5.57. The molecule has 0 spiro atoms. The maximum Gasteiger partial charge on any atom is 0.246 e. The predicted molar refractivity (Wildman–Crippen MR) is 96.7 cm³/mol. The second-order valence-corrected chi connectivity index (χ2v) is 7.03. The van der Waals surface area contributed by atoms with Gasteiger partial charge in [0.25, 0.3) is 0 Å². The van der Waals surface area contributed by atoms with Crippen molar-refractivity contribution in [2.75, 3.05) is 27.3 Å². The molecule has 3 rings (SSSR count). The van der Waals surface area contributed by atoms with E-state index >= 15 is 0 Å². The minimum absolute atomic E-state index is 0.00223. The summed E-state index contributed by atoms with van der Waals surface area (Å²) in [5.41, 5.74) is 0.333. The summed E-state index contributed by atoms with van der Waals surface area (Å²) in [6.45, 7) is 1.29. The smallest absolute Gasteiger partial charge is 0.246 e. The van der Waals surface area contributed by atoms with Crippen molar-refractivity contribution in [3.8, 4) is 11.5 Å². The maximum absolute atomic E-state index is 12.5. The molecule has 25 heavy (non-hydrogen) atoms. The summed E-state index contributed by atoms with van der Waals surface area (Å²) >= 11 is 0. The molecule has 1 aromatic carbocycles. The molecular formula is C20H27NO4. The number of nitrogens with zero attached hydrogens (tertiary/aromatic N) is 1. The molecule has 0 bridgehead atoms. The first-order valence-corrected chi connectivity index (χ1v) is 8.97. The lowest BCUT2D eigenvalue weighted by Crippen LogP contribution is -2.54. The van der Waals surface area contributed by atoms with E-state index in [4.69, 9.17) is 9.47 Å². The Morgan fingerprint density at radius 2 is 2.04 bits per heavy atom. The van der Waals surface area contributed by atoms with Gasteiger partial charge in [0.2, 0.25) is 5.91 Å². The maximum atomic E-state index is 12.5. The zero-order chi connectivity index (χ0) is 17.9. The fraction of sp³-hybridized carbons (Fsp3) is 0.550. The monoisotopic (exact) mass is 345 g/mol. The van der Waals surface area contributed by atoms with Gasteiger partial charge in [-0.25, -0.2) is 0 Å². The lowest BCUT2D eigenvalue weighted by Gasteiger charge is -2.47. The zero-order valence-corrected chi connectivity index (χ0v) is 15.0. The Kier molecular flexibility index (Phi) is 5.33. The fourth-order valence-electron chi connectivity index (χ4n) is 4.00. The first kappa shape index (κ1) is 17.8. The number of fused-ring (bicyclic) bond motifs is 1. The summed E-state index contributed by atoms with van der Waals surface area (Å²) < 4.78 is 10.5. The molecule has 1 N–H and O–H groups in total. The van der Waals surface area contributed by atoms with E-state index in [9.17, 15) is 9.90 Å². The van der Waals surface area contributed by atoms with Crippen LogP contribution in [0.4, 0.5) is 0 Å². The van der Waals surface area contributed by atoms with Crippen molar-refractivity contribution in [2.24, 2.45) is 5.92 Å². The van der Waals surface area contributed by atoms with Gasteiger partial charge in [0.15, 0.2) is 11.5 Å². The molecule has 136 valence electrons. The van der Waals surface area contributed by atoms with Crippen molar-refractivity contribution in [1.29, 1.82) is 0 Å². The third kappa shape index (κ3) is 3.82. The van der Waals surface area contributed by atoms with Crippen LogP contribution in [0.15, 0.2) is 24.3 Å². The van der Waals surface area contributed by atoms with Crippen LogP contribution in [0.3, 0.4) is 0 Å². The zero-order valence-electron chi connectivity index (χ0n) is 15.0. The van der Waals surface area contributed by atoms with Crippen molar-refractivity contribution >= 4 is 12.0 Å². The lowest BCUT2D eigenvalue weighted by molar-refractivity contribution is -0.138. The van der Waals surface area contributed by atoms with Gasteiger partial charge in [0, 0.05) is 25.1 Å². The molecule has 1 aliphatic heterocycles. The fourth-order valence-corrected chi connectivity index (χ4v) is 4.00. The van der Waals surface area contributed by atoms with Crippen LogP contribution in [0.5, 0.6) is 11.5 Å². The second kappa shape index (κ2) is 7.48. The Balaban J connectivity index is 1.65. The number of hydrogen-bond donors (Lipinski definition) is 1. The summed E-state index contributed by atoms with van der Waals surface area (Å²) in [6, 6.07) is 5.56. The Hall–Kier alpha value is -2.01. The number of aliphatic hydroxyl groups is 1. The number of likely N-dealkylation sites (tertiary alicyclic amines) is 1. The van der Waals surface area contributed by atoms with Crippen LogP contribution in [0.25, 0.3) is 6.08 Å². The molecule has 5 heteroatoms. The van der Waals surface area contributed by atoms with E-state index < -0.39 is 5.60 Å². The summed E-state index contributed by atoms with van der Waals surface area (Å²) in [7, 11) is 3.19. The molecule has 1 aromatic rings. The highest BCUT2D eigenvalue weighted by Crippen LogP contribution is 2.39. The van der Waals surface area contributed by atoms with Crippen molar-refractivity contribution in [3.05, 3.63) is 29.8 Å². The number of rotatable bonds is 4. The average Bonchev–Trinajstić information content (AvgIpc) is 2.65. The number of piperidine rings is 1. The van der Waals surface area contributed by atoms with Gasteiger partial charge in [0.05, 0.1) is 19.8 Å². The molecular weight excluding hydrogens is 318 g/mol. The second-order valence-electron chi connectivity index (χ2n) is 7.03. The molecule has 0 aromatic heterocycles. The van der Waals surface area contributed by atoms with Crippen LogP contribution in [0, 0.1) is 5.92 Å². The molecule has 1 heterocycles. The molecule has 1 aliphatic carbocycles. The molecule has 0 unspecified atom stereocenters. The van der Waals surface area contributed by atoms with Crippen LogP contribution < -0.4 is 9.47 Å². The van der Waals surface area contributed by atoms with Crippen LogP contribution >= 0.6 is 0 Å². The molecule has 1 amide bonds. The summed E-state index contributed by atoms with van der Waals surface area (Å²) in [5, 5.41) is 10.7. The van der Waals surface area contributed by atoms with Gasteiger partial charge in [-0.05, 0) is 43.0 Å². The Morgan fingerprint density at radius 3 is 2.80 bits per heavy atom. The number of methoxy groups -OCH3 is 2. The summed E-state index contributed by atoms with van der Waals surface area (Å²) in [5.74, 6) is 1.52. The van der Waals surface area contributed by atoms with Gasteiger partial charge < -0.3 is 19.5 Å². The minimum atomic E-state index is -0.553. The van der Waals surface area contributed by atoms with Gasteiger partial charge in [0.1, 0.15) is 0 Å². The van der Waals surface area contributed by atoms with Gasteiger partial charge in [-0.2, -0.15) is 0 Å². The molecule has 5 nitrogen and oxygen atoms in total.